The molecule has 4 heteroatoms. The van der Waals surface area contributed by atoms with Crippen molar-refractivity contribution in [3.05, 3.63) is 24.3 Å². The number of rotatable bonds is 11. The second-order valence-corrected chi connectivity index (χ2v) is 5.34. The molecule has 1 rings (SSSR count). The highest BCUT2D eigenvalue weighted by atomic mass is 16.5. The molecule has 0 aliphatic rings. The summed E-state index contributed by atoms with van der Waals surface area (Å²) in [4.78, 5) is 10.8. The molecule has 1 aromatic rings. The van der Waals surface area contributed by atoms with Gasteiger partial charge in [-0.15, -0.1) is 0 Å². The number of hydrogen-bond acceptors (Lipinski definition) is 2. The van der Waals surface area contributed by atoms with Gasteiger partial charge in [0.2, 0.25) is 0 Å². The lowest BCUT2D eigenvalue weighted by Gasteiger charge is -2.08. The van der Waals surface area contributed by atoms with Gasteiger partial charge < -0.3 is 15.8 Å². The molecule has 1 aromatic carbocycles. The van der Waals surface area contributed by atoms with Gasteiger partial charge in [0.05, 0.1) is 6.61 Å². The molecule has 0 spiro atoms. The van der Waals surface area contributed by atoms with E-state index in [0.717, 1.165) is 18.8 Å². The average Bonchev–Trinajstić information content (AvgIpc) is 2.45. The van der Waals surface area contributed by atoms with Crippen molar-refractivity contribution in [1.29, 1.82) is 0 Å². The Labute approximate surface area is 128 Å². The van der Waals surface area contributed by atoms with Crippen LogP contribution in [-0.2, 0) is 0 Å². The van der Waals surface area contributed by atoms with Crippen molar-refractivity contribution in [3.63, 3.8) is 0 Å². The summed E-state index contributed by atoms with van der Waals surface area (Å²) >= 11 is 0. The molecule has 0 atom stereocenters. The predicted molar refractivity (Wildman–Crippen MR) is 87.8 cm³/mol. The summed E-state index contributed by atoms with van der Waals surface area (Å²) in [6, 6.07) is 6.74. The highest BCUT2D eigenvalue weighted by Crippen LogP contribution is 2.17. The number of carbonyl (C=O) groups is 1. The minimum atomic E-state index is -0.560. The summed E-state index contributed by atoms with van der Waals surface area (Å²) in [5, 5.41) is 2.54. The summed E-state index contributed by atoms with van der Waals surface area (Å²) in [6.45, 7) is 2.96. The Bertz CT molecular complexity index is 408. The molecule has 0 unspecified atom stereocenters. The third-order valence-corrected chi connectivity index (χ3v) is 3.37. The van der Waals surface area contributed by atoms with Gasteiger partial charge in [-0.3, -0.25) is 0 Å². The van der Waals surface area contributed by atoms with Crippen LogP contribution in [0, 0.1) is 0 Å². The Morgan fingerprint density at radius 2 is 1.76 bits per heavy atom. The van der Waals surface area contributed by atoms with Gasteiger partial charge >= 0.3 is 6.03 Å². The molecule has 0 aromatic heterocycles. The maximum atomic E-state index is 10.8. The highest BCUT2D eigenvalue weighted by Gasteiger charge is 1.99. The standard InChI is InChI=1S/C17H28N2O2/c1-2-3-4-5-6-7-8-9-13-21-16-12-10-11-15(14-16)19-17(18)20/h10-12,14H,2-9,13H2,1H3,(H3,18,19,20). The smallest absolute Gasteiger partial charge is 0.316 e. The number of carbonyl (C=O) groups excluding carboxylic acids is 1. The SMILES string of the molecule is CCCCCCCCCCOc1cccc(NC(N)=O)c1. The van der Waals surface area contributed by atoms with E-state index in [1.54, 1.807) is 12.1 Å². The number of nitrogens with two attached hydrogens (primary N) is 1. The third-order valence-electron chi connectivity index (χ3n) is 3.37. The molecule has 4 nitrogen and oxygen atoms in total. The van der Waals surface area contributed by atoms with E-state index in [4.69, 9.17) is 10.5 Å². The van der Waals surface area contributed by atoms with Crippen LogP contribution in [0.2, 0.25) is 0 Å². The molecule has 118 valence electrons. The molecular formula is C17H28N2O2. The van der Waals surface area contributed by atoms with Crippen molar-refractivity contribution in [2.45, 2.75) is 58.3 Å². The zero-order valence-corrected chi connectivity index (χ0v) is 13.1. The van der Waals surface area contributed by atoms with Gasteiger partial charge in [-0.1, -0.05) is 57.9 Å². The van der Waals surface area contributed by atoms with Gasteiger partial charge in [-0.05, 0) is 18.6 Å². The van der Waals surface area contributed by atoms with Crippen LogP contribution in [0.25, 0.3) is 0 Å². The summed E-state index contributed by atoms with van der Waals surface area (Å²) in [5.74, 6) is 0.768. The van der Waals surface area contributed by atoms with Gasteiger partial charge in [0.1, 0.15) is 5.75 Å². The summed E-state index contributed by atoms with van der Waals surface area (Å²) in [6.07, 6.45) is 10.3. The van der Waals surface area contributed by atoms with Crippen molar-refractivity contribution >= 4 is 11.7 Å². The quantitative estimate of drug-likeness (QED) is 0.581. The molecule has 0 aliphatic heterocycles. The topological polar surface area (TPSA) is 64.3 Å². The number of nitrogens with one attached hydrogen (secondary N) is 1. The van der Waals surface area contributed by atoms with Crippen LogP contribution >= 0.6 is 0 Å². The molecule has 0 radical (unpaired) electrons. The molecule has 0 saturated heterocycles. The molecule has 0 fully saturated rings. The molecule has 0 aliphatic carbocycles. The first-order valence-corrected chi connectivity index (χ1v) is 8.01. The molecule has 3 N–H and O–H groups in total. The molecular weight excluding hydrogens is 264 g/mol. The molecule has 21 heavy (non-hydrogen) atoms. The van der Waals surface area contributed by atoms with Crippen LogP contribution in [0.15, 0.2) is 24.3 Å². The summed E-state index contributed by atoms with van der Waals surface area (Å²) < 4.78 is 5.68. The minimum absolute atomic E-state index is 0.560. The minimum Gasteiger partial charge on any atom is -0.494 e. The number of anilines is 1. The lowest BCUT2D eigenvalue weighted by atomic mass is 10.1. The number of urea groups is 1. The Balaban J connectivity index is 2.08. The van der Waals surface area contributed by atoms with Crippen LogP contribution in [0.3, 0.4) is 0 Å². The van der Waals surface area contributed by atoms with Crippen molar-refractivity contribution in [2.75, 3.05) is 11.9 Å². The fourth-order valence-electron chi connectivity index (χ4n) is 2.23. The Morgan fingerprint density at radius 1 is 1.10 bits per heavy atom. The Hall–Kier alpha value is -1.71. The van der Waals surface area contributed by atoms with Crippen molar-refractivity contribution in [2.24, 2.45) is 5.73 Å². The van der Waals surface area contributed by atoms with E-state index in [9.17, 15) is 4.79 Å². The normalized spacial score (nSPS) is 10.3. The first-order valence-electron chi connectivity index (χ1n) is 8.01. The number of primary amides is 1. The molecule has 0 heterocycles. The van der Waals surface area contributed by atoms with Crippen LogP contribution in [-0.4, -0.2) is 12.6 Å². The maximum Gasteiger partial charge on any atom is 0.316 e. The van der Waals surface area contributed by atoms with Crippen LogP contribution < -0.4 is 15.8 Å². The van der Waals surface area contributed by atoms with E-state index >= 15 is 0 Å². The predicted octanol–water partition coefficient (Wildman–Crippen LogP) is 4.70. The van der Waals surface area contributed by atoms with E-state index in [1.165, 1.54) is 44.9 Å². The lowest BCUT2D eigenvalue weighted by Crippen LogP contribution is -2.19. The zero-order chi connectivity index (χ0) is 15.3. The van der Waals surface area contributed by atoms with Crippen molar-refractivity contribution < 1.29 is 9.53 Å². The summed E-state index contributed by atoms with van der Waals surface area (Å²) in [7, 11) is 0. The zero-order valence-electron chi connectivity index (χ0n) is 13.1. The van der Waals surface area contributed by atoms with Gasteiger partial charge in [0.25, 0.3) is 0 Å². The van der Waals surface area contributed by atoms with Crippen LogP contribution in [0.5, 0.6) is 5.75 Å². The highest BCUT2D eigenvalue weighted by molar-refractivity contribution is 5.87. The first-order chi connectivity index (χ1) is 10.2. The largest absolute Gasteiger partial charge is 0.494 e. The number of amides is 2. The first kappa shape index (κ1) is 17.3. The van der Waals surface area contributed by atoms with E-state index in [0.29, 0.717) is 5.69 Å². The Morgan fingerprint density at radius 3 is 2.43 bits per heavy atom. The van der Waals surface area contributed by atoms with Gasteiger partial charge in [-0.25, -0.2) is 4.79 Å². The second-order valence-electron chi connectivity index (χ2n) is 5.34. The van der Waals surface area contributed by atoms with Gasteiger partial charge in [0.15, 0.2) is 0 Å². The fraction of sp³-hybridized carbons (Fsp3) is 0.588. The number of unbranched alkanes of at least 4 members (excludes halogenated alkanes) is 7. The van der Waals surface area contributed by atoms with Gasteiger partial charge in [-0.2, -0.15) is 0 Å². The van der Waals surface area contributed by atoms with E-state index in [1.807, 2.05) is 12.1 Å². The van der Waals surface area contributed by atoms with E-state index in [-0.39, 0.29) is 0 Å². The van der Waals surface area contributed by atoms with Crippen LogP contribution in [0.4, 0.5) is 10.5 Å². The molecule has 2 amide bonds. The molecule has 0 bridgehead atoms. The number of benzene rings is 1. The number of hydrogen-bond donors (Lipinski definition) is 2. The van der Waals surface area contributed by atoms with Gasteiger partial charge in [0, 0.05) is 11.8 Å². The Kier molecular flexibility index (Phi) is 9.09. The summed E-state index contributed by atoms with van der Waals surface area (Å²) in [5.41, 5.74) is 5.75. The van der Waals surface area contributed by atoms with E-state index in [2.05, 4.69) is 12.2 Å². The maximum absolute atomic E-state index is 10.8. The average molecular weight is 292 g/mol. The number of ether oxygens (including phenoxy) is 1. The van der Waals surface area contributed by atoms with Crippen molar-refractivity contribution in [1.82, 2.24) is 0 Å². The second kappa shape index (κ2) is 11.0. The third kappa shape index (κ3) is 8.95. The fourth-order valence-corrected chi connectivity index (χ4v) is 2.23. The van der Waals surface area contributed by atoms with E-state index < -0.39 is 6.03 Å². The molecule has 0 saturated carbocycles. The van der Waals surface area contributed by atoms with Crippen molar-refractivity contribution in [3.8, 4) is 5.75 Å². The lowest BCUT2D eigenvalue weighted by molar-refractivity contribution is 0.259. The van der Waals surface area contributed by atoms with Crippen LogP contribution in [0.1, 0.15) is 58.3 Å². The monoisotopic (exact) mass is 292 g/mol.